The molecule has 0 aromatic rings. The minimum Gasteiger partial charge on any atom is -0.469 e. The van der Waals surface area contributed by atoms with Crippen LogP contribution in [-0.4, -0.2) is 33.3 Å². The van der Waals surface area contributed by atoms with Gasteiger partial charge < -0.3 is 4.74 Å². The summed E-state index contributed by atoms with van der Waals surface area (Å²) in [4.78, 5) is 11.7. The van der Waals surface area contributed by atoms with E-state index in [2.05, 4.69) is 18.6 Å². The normalized spacial score (nSPS) is 28.6. The Morgan fingerprint density at radius 1 is 1.35 bits per heavy atom. The zero-order chi connectivity index (χ0) is 15.0. The van der Waals surface area contributed by atoms with Crippen molar-refractivity contribution in [3.8, 4) is 0 Å². The Hall–Kier alpha value is -0.620. The maximum Gasteiger partial charge on any atom is 0.310 e. The lowest BCUT2D eigenvalue weighted by Crippen LogP contribution is -2.42. The Morgan fingerprint density at radius 3 is 2.50 bits per heavy atom. The lowest BCUT2D eigenvalue weighted by atomic mass is 9.93. The third kappa shape index (κ3) is 3.01. The summed E-state index contributed by atoms with van der Waals surface area (Å²) in [5.41, 5.74) is 0.131. The fraction of sp³-hybridized carbons (Fsp3) is 0.929. The Morgan fingerprint density at radius 2 is 2.00 bits per heavy atom. The molecule has 0 aliphatic heterocycles. The maximum absolute atomic E-state index is 12.4. The van der Waals surface area contributed by atoms with E-state index in [0.29, 0.717) is 25.3 Å². The molecule has 2 saturated carbocycles. The Labute approximate surface area is 121 Å². The van der Waals surface area contributed by atoms with Gasteiger partial charge in [0.05, 0.1) is 18.3 Å². The fourth-order valence-electron chi connectivity index (χ4n) is 3.19. The number of esters is 1. The van der Waals surface area contributed by atoms with Gasteiger partial charge in [-0.15, -0.1) is 0 Å². The zero-order valence-electron chi connectivity index (χ0n) is 12.5. The van der Waals surface area contributed by atoms with E-state index in [4.69, 9.17) is 4.74 Å². The molecule has 0 radical (unpaired) electrons. The molecule has 0 aromatic heterocycles. The molecular weight excluding hydrogens is 278 g/mol. The number of nitrogens with one attached hydrogen (secondary N) is 1. The largest absolute Gasteiger partial charge is 0.469 e. The van der Waals surface area contributed by atoms with Gasteiger partial charge in [-0.05, 0) is 37.0 Å². The molecule has 20 heavy (non-hydrogen) atoms. The summed E-state index contributed by atoms with van der Waals surface area (Å²) in [6.45, 7) is 4.76. The standard InChI is InChI=1S/C14H25NO4S/c1-10(2)14(7-8-14)9-15-20(17,18)12-6-4-5-11(12)13(16)19-3/h10-12,15H,4-9H2,1-3H3. The molecule has 2 unspecified atom stereocenters. The van der Waals surface area contributed by atoms with Crippen LogP contribution >= 0.6 is 0 Å². The summed E-state index contributed by atoms with van der Waals surface area (Å²) < 4.78 is 32.4. The number of carbonyl (C=O) groups is 1. The average molecular weight is 303 g/mol. The molecule has 0 bridgehead atoms. The van der Waals surface area contributed by atoms with E-state index in [1.807, 2.05) is 0 Å². The zero-order valence-corrected chi connectivity index (χ0v) is 13.3. The van der Waals surface area contributed by atoms with Crippen molar-refractivity contribution >= 4 is 16.0 Å². The first-order valence-electron chi connectivity index (χ1n) is 7.39. The number of carbonyl (C=O) groups excluding carboxylic acids is 1. The monoisotopic (exact) mass is 303 g/mol. The van der Waals surface area contributed by atoms with E-state index in [1.54, 1.807) is 0 Å². The second-order valence-electron chi connectivity index (χ2n) is 6.48. The van der Waals surface area contributed by atoms with E-state index in [1.165, 1.54) is 7.11 Å². The van der Waals surface area contributed by atoms with Crippen LogP contribution in [0, 0.1) is 17.3 Å². The van der Waals surface area contributed by atoms with Gasteiger partial charge in [0.15, 0.2) is 0 Å². The molecule has 0 saturated heterocycles. The first-order valence-corrected chi connectivity index (χ1v) is 8.93. The molecule has 2 rings (SSSR count). The predicted molar refractivity (Wildman–Crippen MR) is 76.6 cm³/mol. The third-order valence-corrected chi connectivity index (χ3v) is 7.01. The number of hydrogen-bond donors (Lipinski definition) is 1. The van der Waals surface area contributed by atoms with Gasteiger partial charge in [-0.3, -0.25) is 4.79 Å². The SMILES string of the molecule is COC(=O)C1CCCC1S(=O)(=O)NCC1(C(C)C)CC1. The molecule has 2 aliphatic carbocycles. The van der Waals surface area contributed by atoms with Crippen LogP contribution in [0.4, 0.5) is 0 Å². The van der Waals surface area contributed by atoms with Crippen LogP contribution in [0.2, 0.25) is 0 Å². The van der Waals surface area contributed by atoms with Gasteiger partial charge in [0.2, 0.25) is 10.0 Å². The van der Waals surface area contributed by atoms with E-state index < -0.39 is 27.2 Å². The Bertz CT molecular complexity index is 468. The van der Waals surface area contributed by atoms with Crippen LogP contribution in [-0.2, 0) is 19.6 Å². The minimum absolute atomic E-state index is 0.131. The summed E-state index contributed by atoms with van der Waals surface area (Å²) in [7, 11) is -2.13. The van der Waals surface area contributed by atoms with E-state index >= 15 is 0 Å². The molecule has 5 nitrogen and oxygen atoms in total. The van der Waals surface area contributed by atoms with Gasteiger partial charge in [-0.2, -0.15) is 0 Å². The van der Waals surface area contributed by atoms with Crippen molar-refractivity contribution in [2.75, 3.05) is 13.7 Å². The quantitative estimate of drug-likeness (QED) is 0.758. The summed E-state index contributed by atoms with van der Waals surface area (Å²) in [5.74, 6) is -0.431. The number of sulfonamides is 1. The van der Waals surface area contributed by atoms with E-state index in [-0.39, 0.29) is 5.41 Å². The fourth-order valence-corrected chi connectivity index (χ4v) is 5.05. The maximum atomic E-state index is 12.4. The van der Waals surface area contributed by atoms with Crippen molar-refractivity contribution in [3.63, 3.8) is 0 Å². The Kier molecular flexibility index (Phi) is 4.44. The summed E-state index contributed by atoms with van der Waals surface area (Å²) in [6, 6.07) is 0. The van der Waals surface area contributed by atoms with Crippen LogP contribution in [0.3, 0.4) is 0 Å². The molecule has 2 atom stereocenters. The van der Waals surface area contributed by atoms with Crippen LogP contribution in [0.1, 0.15) is 46.0 Å². The van der Waals surface area contributed by atoms with Crippen LogP contribution in [0.15, 0.2) is 0 Å². The van der Waals surface area contributed by atoms with Crippen molar-refractivity contribution in [3.05, 3.63) is 0 Å². The molecular formula is C14H25NO4S. The summed E-state index contributed by atoms with van der Waals surface area (Å²) in [6.07, 6.45) is 4.08. The molecule has 1 N–H and O–H groups in total. The van der Waals surface area contributed by atoms with Crippen molar-refractivity contribution in [2.45, 2.75) is 51.2 Å². The van der Waals surface area contributed by atoms with E-state index in [9.17, 15) is 13.2 Å². The highest BCUT2D eigenvalue weighted by Gasteiger charge is 2.48. The molecule has 2 fully saturated rings. The van der Waals surface area contributed by atoms with Crippen LogP contribution in [0.25, 0.3) is 0 Å². The van der Waals surface area contributed by atoms with Crippen molar-refractivity contribution < 1.29 is 17.9 Å². The van der Waals surface area contributed by atoms with Gasteiger partial charge in [0, 0.05) is 6.54 Å². The van der Waals surface area contributed by atoms with Crippen molar-refractivity contribution in [1.29, 1.82) is 0 Å². The van der Waals surface area contributed by atoms with Gasteiger partial charge in [-0.1, -0.05) is 20.3 Å². The molecule has 0 amide bonds. The smallest absolute Gasteiger partial charge is 0.310 e. The highest BCUT2D eigenvalue weighted by atomic mass is 32.2. The molecule has 0 heterocycles. The van der Waals surface area contributed by atoms with Crippen LogP contribution < -0.4 is 4.72 Å². The highest BCUT2D eigenvalue weighted by molar-refractivity contribution is 7.90. The molecule has 2 aliphatic rings. The molecule has 6 heteroatoms. The van der Waals surface area contributed by atoms with Gasteiger partial charge in [-0.25, -0.2) is 13.1 Å². The van der Waals surface area contributed by atoms with Gasteiger partial charge in [0.1, 0.15) is 0 Å². The number of hydrogen-bond acceptors (Lipinski definition) is 4. The van der Waals surface area contributed by atoms with Crippen molar-refractivity contribution in [1.82, 2.24) is 4.72 Å². The lowest BCUT2D eigenvalue weighted by molar-refractivity contribution is -0.145. The third-order valence-electron chi connectivity index (χ3n) is 5.10. The second-order valence-corrected chi connectivity index (χ2v) is 8.47. The first-order chi connectivity index (χ1) is 9.32. The average Bonchev–Trinajstić information content (AvgIpc) is 3.04. The van der Waals surface area contributed by atoms with E-state index in [0.717, 1.165) is 19.3 Å². The van der Waals surface area contributed by atoms with Gasteiger partial charge >= 0.3 is 5.97 Å². The van der Waals surface area contributed by atoms with Crippen LogP contribution in [0.5, 0.6) is 0 Å². The first kappa shape index (κ1) is 15.8. The number of methoxy groups -OCH3 is 1. The molecule has 116 valence electrons. The molecule has 0 aromatic carbocycles. The lowest BCUT2D eigenvalue weighted by Gasteiger charge is -2.23. The number of rotatable bonds is 6. The predicted octanol–water partition coefficient (Wildman–Crippen LogP) is 1.68. The van der Waals surface area contributed by atoms with Crippen molar-refractivity contribution in [2.24, 2.45) is 17.3 Å². The number of ether oxygens (including phenoxy) is 1. The molecule has 0 spiro atoms. The second kappa shape index (κ2) is 5.64. The summed E-state index contributed by atoms with van der Waals surface area (Å²) in [5, 5.41) is -0.627. The minimum atomic E-state index is -3.44. The van der Waals surface area contributed by atoms with Gasteiger partial charge in [0.25, 0.3) is 0 Å². The highest BCUT2D eigenvalue weighted by Crippen LogP contribution is 2.51. The Balaban J connectivity index is 2.01. The topological polar surface area (TPSA) is 72.5 Å². The summed E-state index contributed by atoms with van der Waals surface area (Å²) >= 11 is 0.